The zero-order valence-corrected chi connectivity index (χ0v) is 18.3. The van der Waals surface area contributed by atoms with E-state index in [4.69, 9.17) is 4.74 Å². The average molecular weight is 440 g/mol. The Kier molecular flexibility index (Phi) is 4.63. The molecule has 32 heavy (non-hydrogen) atoms. The van der Waals surface area contributed by atoms with E-state index < -0.39 is 17.7 Å². The van der Waals surface area contributed by atoms with Gasteiger partial charge in [-0.2, -0.15) is 0 Å². The van der Waals surface area contributed by atoms with Crippen molar-refractivity contribution in [3.8, 4) is 5.75 Å². The van der Waals surface area contributed by atoms with Gasteiger partial charge in [0.25, 0.3) is 5.91 Å². The highest BCUT2D eigenvalue weighted by molar-refractivity contribution is 6.01. The molecule has 1 aromatic rings. The minimum Gasteiger partial charge on any atom is -0.493 e. The monoisotopic (exact) mass is 439 g/mol. The van der Waals surface area contributed by atoms with E-state index in [2.05, 4.69) is 0 Å². The highest BCUT2D eigenvalue weighted by Gasteiger charge is 2.51. The molecule has 6 heteroatoms. The van der Waals surface area contributed by atoms with Gasteiger partial charge in [-0.3, -0.25) is 4.79 Å². The van der Waals surface area contributed by atoms with Crippen molar-refractivity contribution in [2.24, 2.45) is 23.2 Å². The second-order valence-electron chi connectivity index (χ2n) is 11.0. The van der Waals surface area contributed by atoms with Crippen LogP contribution in [0.1, 0.15) is 79.6 Å². The SMILES string of the molecule is O=C(O)C1=CCCN1C(=O)c1cc(C2CC2)c(OCC23CC4CC(CC(C4)C2)C3)cc1F. The average Bonchev–Trinajstić information content (AvgIpc) is 3.45. The smallest absolute Gasteiger partial charge is 0.352 e. The van der Waals surface area contributed by atoms with E-state index in [0.29, 0.717) is 24.7 Å². The third-order valence-electron chi connectivity index (χ3n) is 8.49. The molecule has 0 unspecified atom stereocenters. The second kappa shape index (κ2) is 7.32. The summed E-state index contributed by atoms with van der Waals surface area (Å²) < 4.78 is 21.5. The molecule has 1 amide bonds. The van der Waals surface area contributed by atoms with Gasteiger partial charge in [-0.25, -0.2) is 9.18 Å². The molecular formula is C26H30FNO4. The summed E-state index contributed by atoms with van der Waals surface area (Å²) in [6.45, 7) is 0.907. The molecule has 1 aromatic carbocycles. The molecule has 0 aromatic heterocycles. The Bertz CT molecular complexity index is 976. The third kappa shape index (κ3) is 3.43. The molecule has 0 atom stereocenters. The van der Waals surface area contributed by atoms with E-state index in [1.165, 1.54) is 55.6 Å². The molecule has 5 nitrogen and oxygen atoms in total. The zero-order valence-electron chi connectivity index (χ0n) is 18.3. The lowest BCUT2D eigenvalue weighted by Crippen LogP contribution is -2.48. The summed E-state index contributed by atoms with van der Waals surface area (Å²) >= 11 is 0. The van der Waals surface area contributed by atoms with Crippen molar-refractivity contribution in [3.05, 3.63) is 40.8 Å². The zero-order chi connectivity index (χ0) is 22.0. The van der Waals surface area contributed by atoms with Crippen molar-refractivity contribution < 1.29 is 23.8 Å². The minimum atomic E-state index is -1.16. The molecule has 7 rings (SSSR count). The molecule has 1 N–H and O–H groups in total. The normalized spacial score (nSPS) is 32.8. The number of carboxylic acids is 1. The number of aliphatic carboxylic acids is 1. The van der Waals surface area contributed by atoms with Crippen molar-refractivity contribution >= 4 is 11.9 Å². The summed E-state index contributed by atoms with van der Waals surface area (Å²) in [5.41, 5.74) is 1.02. The molecule has 0 spiro atoms. The minimum absolute atomic E-state index is 0.0527. The first kappa shape index (κ1) is 20.3. The standard InChI is InChI=1S/C26H30FNO4/c27-21-10-23(32-14-26-11-15-6-16(12-26)8-17(7-15)13-26)19(18-3-4-18)9-20(21)24(29)28-5-1-2-22(28)25(30)31/h2,9-10,15-18H,1,3-8,11-14H2,(H,30,31). The molecule has 5 aliphatic carbocycles. The predicted octanol–water partition coefficient (Wildman–Crippen LogP) is 5.11. The number of ether oxygens (including phenoxy) is 1. The van der Waals surface area contributed by atoms with E-state index in [1.807, 2.05) is 0 Å². The van der Waals surface area contributed by atoms with Crippen molar-refractivity contribution in [3.63, 3.8) is 0 Å². The van der Waals surface area contributed by atoms with Crippen LogP contribution in [0.2, 0.25) is 0 Å². The van der Waals surface area contributed by atoms with Crippen LogP contribution in [0.25, 0.3) is 0 Å². The van der Waals surface area contributed by atoms with E-state index in [1.54, 1.807) is 6.07 Å². The maximum atomic E-state index is 15.1. The highest BCUT2D eigenvalue weighted by Crippen LogP contribution is 2.60. The van der Waals surface area contributed by atoms with Crippen LogP contribution in [0.4, 0.5) is 4.39 Å². The fourth-order valence-electron chi connectivity index (χ4n) is 7.39. The Morgan fingerprint density at radius 2 is 1.75 bits per heavy atom. The number of benzene rings is 1. The number of hydrogen-bond acceptors (Lipinski definition) is 3. The Hall–Kier alpha value is -2.37. The molecule has 1 heterocycles. The van der Waals surface area contributed by atoms with Crippen molar-refractivity contribution in [1.82, 2.24) is 4.90 Å². The Morgan fingerprint density at radius 1 is 1.09 bits per heavy atom. The van der Waals surface area contributed by atoms with Gasteiger partial charge in [-0.15, -0.1) is 0 Å². The van der Waals surface area contributed by atoms with E-state index in [9.17, 15) is 14.7 Å². The molecule has 5 saturated carbocycles. The van der Waals surface area contributed by atoms with Gasteiger partial charge >= 0.3 is 5.97 Å². The van der Waals surface area contributed by atoms with Gasteiger partial charge < -0.3 is 14.7 Å². The maximum absolute atomic E-state index is 15.1. The Morgan fingerprint density at radius 3 is 2.34 bits per heavy atom. The van der Waals surface area contributed by atoms with Gasteiger partial charge in [0.2, 0.25) is 0 Å². The number of carboxylic acid groups (broad SMARTS) is 1. The lowest BCUT2D eigenvalue weighted by Gasteiger charge is -2.56. The number of hydrogen-bond donors (Lipinski definition) is 1. The quantitative estimate of drug-likeness (QED) is 0.669. The Balaban J connectivity index is 1.25. The largest absolute Gasteiger partial charge is 0.493 e. The summed E-state index contributed by atoms with van der Waals surface area (Å²) in [6.07, 6.45) is 11.8. The van der Waals surface area contributed by atoms with Crippen LogP contribution in [0.3, 0.4) is 0 Å². The summed E-state index contributed by atoms with van der Waals surface area (Å²) in [7, 11) is 0. The number of halogens is 1. The van der Waals surface area contributed by atoms with Crippen LogP contribution >= 0.6 is 0 Å². The molecular weight excluding hydrogens is 409 g/mol. The van der Waals surface area contributed by atoms with Gasteiger partial charge in [-0.1, -0.05) is 6.08 Å². The van der Waals surface area contributed by atoms with Crippen molar-refractivity contribution in [2.75, 3.05) is 13.2 Å². The number of amides is 1. The number of carbonyl (C=O) groups is 2. The van der Waals surface area contributed by atoms with Crippen molar-refractivity contribution in [2.45, 2.75) is 63.7 Å². The van der Waals surface area contributed by atoms with Gasteiger partial charge in [-0.05, 0) is 93.1 Å². The predicted molar refractivity (Wildman–Crippen MR) is 116 cm³/mol. The highest BCUT2D eigenvalue weighted by atomic mass is 19.1. The molecule has 170 valence electrons. The van der Waals surface area contributed by atoms with Gasteiger partial charge in [0.05, 0.1) is 12.2 Å². The second-order valence-corrected chi connectivity index (χ2v) is 11.0. The topological polar surface area (TPSA) is 66.8 Å². The fraction of sp³-hybridized carbons (Fsp3) is 0.615. The molecule has 0 radical (unpaired) electrons. The molecule has 5 fully saturated rings. The lowest BCUT2D eigenvalue weighted by atomic mass is 9.50. The number of carbonyl (C=O) groups excluding carboxylic acids is 1. The van der Waals surface area contributed by atoms with Crippen LogP contribution in [0.15, 0.2) is 23.9 Å². The molecule has 1 aliphatic heterocycles. The third-order valence-corrected chi connectivity index (χ3v) is 8.49. The number of nitrogens with zero attached hydrogens (tertiary/aromatic N) is 1. The summed E-state index contributed by atoms with van der Waals surface area (Å²) in [4.78, 5) is 25.6. The maximum Gasteiger partial charge on any atom is 0.352 e. The first-order valence-corrected chi connectivity index (χ1v) is 12.1. The van der Waals surface area contributed by atoms with Gasteiger partial charge in [0.1, 0.15) is 17.3 Å². The molecule has 6 aliphatic rings. The van der Waals surface area contributed by atoms with E-state index in [0.717, 1.165) is 36.2 Å². The lowest BCUT2D eigenvalue weighted by molar-refractivity contribution is -0.134. The van der Waals surface area contributed by atoms with Gasteiger partial charge in [0.15, 0.2) is 0 Å². The van der Waals surface area contributed by atoms with Crippen LogP contribution in [-0.2, 0) is 4.79 Å². The van der Waals surface area contributed by atoms with Crippen LogP contribution in [-0.4, -0.2) is 35.0 Å². The first-order chi connectivity index (χ1) is 15.4. The summed E-state index contributed by atoms with van der Waals surface area (Å²) in [5.74, 6) is 1.01. The number of rotatable bonds is 6. The van der Waals surface area contributed by atoms with Crippen LogP contribution in [0, 0.1) is 29.0 Å². The van der Waals surface area contributed by atoms with E-state index in [-0.39, 0.29) is 23.2 Å². The fourth-order valence-corrected chi connectivity index (χ4v) is 7.39. The molecule has 4 bridgehead atoms. The summed E-state index contributed by atoms with van der Waals surface area (Å²) in [5, 5.41) is 9.36. The first-order valence-electron chi connectivity index (χ1n) is 12.1. The Labute approximate surface area is 187 Å². The summed E-state index contributed by atoms with van der Waals surface area (Å²) in [6, 6.07) is 3.00. The van der Waals surface area contributed by atoms with Crippen LogP contribution < -0.4 is 4.74 Å². The van der Waals surface area contributed by atoms with E-state index >= 15 is 4.39 Å². The molecule has 0 saturated heterocycles. The van der Waals surface area contributed by atoms with Crippen molar-refractivity contribution in [1.29, 1.82) is 0 Å². The van der Waals surface area contributed by atoms with Gasteiger partial charge in [0, 0.05) is 18.0 Å². The van der Waals surface area contributed by atoms with Crippen LogP contribution in [0.5, 0.6) is 5.75 Å².